The van der Waals surface area contributed by atoms with Crippen molar-refractivity contribution in [3.63, 3.8) is 0 Å². The summed E-state index contributed by atoms with van der Waals surface area (Å²) in [5, 5.41) is 5.45. The summed E-state index contributed by atoms with van der Waals surface area (Å²) >= 11 is 1.36. The number of hydrogen-bond acceptors (Lipinski definition) is 0. The molecule has 0 saturated heterocycles. The van der Waals surface area contributed by atoms with Gasteiger partial charge in [0.25, 0.3) is 0 Å². The first-order valence-electron chi connectivity index (χ1n) is 11.4. The molecule has 5 aromatic carbocycles. The van der Waals surface area contributed by atoms with E-state index in [0.29, 0.717) is 0 Å². The fraction of sp³-hybridized carbons (Fsp3) is 0.212. The van der Waals surface area contributed by atoms with Crippen molar-refractivity contribution < 1.29 is 23.3 Å². The van der Waals surface area contributed by atoms with Crippen LogP contribution in [0, 0.1) is 35.6 Å². The van der Waals surface area contributed by atoms with E-state index in [1.807, 2.05) is 0 Å². The molecule has 4 heteroatoms. The van der Waals surface area contributed by atoms with Crippen LogP contribution in [0.25, 0.3) is 32.7 Å². The Morgan fingerprint density at radius 3 is 1.78 bits per heavy atom. The molecule has 198 valence electrons. The zero-order valence-corrected chi connectivity index (χ0v) is 28.5. The molecule has 0 heterocycles. The first-order valence-corrected chi connectivity index (χ1v) is 15.6. The summed E-state index contributed by atoms with van der Waals surface area (Å²) in [4.78, 5) is 0. The molecule has 5 aromatic rings. The van der Waals surface area contributed by atoms with Gasteiger partial charge in [-0.05, 0) is 16.5 Å². The number of aryl methyl sites for hydroxylation is 3. The molecule has 0 aliphatic rings. The second-order valence-electron chi connectivity index (χ2n) is 9.71. The predicted molar refractivity (Wildman–Crippen MR) is 171 cm³/mol. The summed E-state index contributed by atoms with van der Waals surface area (Å²) < 4.78 is 0. The molecule has 0 aliphatic heterocycles. The quantitative estimate of drug-likeness (QED) is 0.128. The molecular weight excluding hydrogens is 587 g/mol. The topological polar surface area (TPSA) is 0 Å². The van der Waals surface area contributed by atoms with Crippen molar-refractivity contribution in [2.24, 2.45) is 0 Å². The van der Waals surface area contributed by atoms with Gasteiger partial charge in [-0.3, -0.25) is 0 Å². The average molecular weight is 627 g/mol. The molecule has 0 unspecified atom stereocenters. The second-order valence-corrected chi connectivity index (χ2v) is 9.71. The fourth-order valence-corrected chi connectivity index (χ4v) is 4.30. The SMILES string of the molecule is Cc1[cH-]c2ccccc2c1C.Cc1cc2c(-c3ccc(C(C)(C)C)cc3)cccc2[cH-]1.Cl.Cl.[CH3-].[CH3-].[Si]=[Zr]. The summed E-state index contributed by atoms with van der Waals surface area (Å²) in [6.45, 7) is 16.3. The van der Waals surface area contributed by atoms with E-state index in [2.05, 4.69) is 133 Å². The molecule has 0 atom stereocenters. The van der Waals surface area contributed by atoms with Crippen molar-refractivity contribution in [1.29, 1.82) is 0 Å². The Bertz CT molecular complexity index is 1360. The molecular formula is C33H40Cl2SiZr-4. The van der Waals surface area contributed by atoms with Gasteiger partial charge in [-0.15, -0.1) is 100.0 Å². The summed E-state index contributed by atoms with van der Waals surface area (Å²) in [6.07, 6.45) is 0. The molecule has 0 aliphatic carbocycles. The molecule has 5 rings (SSSR count). The Morgan fingerprint density at radius 2 is 1.22 bits per heavy atom. The van der Waals surface area contributed by atoms with Crippen molar-refractivity contribution in [1.82, 2.24) is 0 Å². The molecule has 0 N–H and O–H groups in total. The van der Waals surface area contributed by atoms with Crippen LogP contribution in [0.2, 0.25) is 0 Å². The van der Waals surface area contributed by atoms with Crippen molar-refractivity contribution in [3.8, 4) is 11.1 Å². The Kier molecular flexibility index (Phi) is 16.8. The van der Waals surface area contributed by atoms with Crippen LogP contribution in [0.4, 0.5) is 0 Å². The third-order valence-electron chi connectivity index (χ3n) is 6.29. The molecule has 0 aromatic heterocycles. The molecule has 2 radical (unpaired) electrons. The Morgan fingerprint density at radius 1 is 0.676 bits per heavy atom. The fourth-order valence-electron chi connectivity index (χ4n) is 4.30. The van der Waals surface area contributed by atoms with E-state index in [1.54, 1.807) is 0 Å². The van der Waals surface area contributed by atoms with Gasteiger partial charge in [0.15, 0.2) is 0 Å². The number of benzene rings is 3. The minimum atomic E-state index is 0. The van der Waals surface area contributed by atoms with E-state index in [0.717, 1.165) is 0 Å². The summed E-state index contributed by atoms with van der Waals surface area (Å²) in [5.41, 5.74) is 8.37. The van der Waals surface area contributed by atoms with Crippen molar-refractivity contribution in [2.75, 3.05) is 0 Å². The van der Waals surface area contributed by atoms with Crippen LogP contribution in [0.15, 0.2) is 84.9 Å². The van der Waals surface area contributed by atoms with Crippen LogP contribution in [-0.4, -0.2) is 6.88 Å². The third-order valence-corrected chi connectivity index (χ3v) is 6.29. The van der Waals surface area contributed by atoms with Gasteiger partial charge < -0.3 is 14.9 Å². The maximum atomic E-state index is 3.06. The molecule has 0 bridgehead atoms. The van der Waals surface area contributed by atoms with Gasteiger partial charge >= 0.3 is 30.2 Å². The predicted octanol–water partition coefficient (Wildman–Crippen LogP) is 10.4. The standard InChI is InChI=1S/C20H21.C11H11.2CH3.2ClH.Si.Zr/c1-14-12-16-6-5-7-18(19(16)13-14)15-8-10-17(11-9-15)20(2,3)4;1-8-7-10-5-3-4-6-11(10)9(8)2;;;;;;/h5-13H,1-4H3;3-7H,1-2H3;2*1H3;2*1H;;/q4*-1;;;;. The van der Waals surface area contributed by atoms with Gasteiger partial charge in [-0.2, -0.15) is 11.6 Å². The summed E-state index contributed by atoms with van der Waals surface area (Å²) in [7, 11) is 0. The van der Waals surface area contributed by atoms with Gasteiger partial charge in [-0.1, -0.05) is 83.5 Å². The molecule has 0 amide bonds. The average Bonchev–Trinajstić information content (AvgIpc) is 3.33. The van der Waals surface area contributed by atoms with Gasteiger partial charge in [0.1, 0.15) is 0 Å². The molecule has 0 fully saturated rings. The van der Waals surface area contributed by atoms with E-state index in [4.69, 9.17) is 0 Å². The van der Waals surface area contributed by atoms with Crippen LogP contribution >= 0.6 is 24.8 Å². The van der Waals surface area contributed by atoms with Crippen LogP contribution in [0.5, 0.6) is 0 Å². The van der Waals surface area contributed by atoms with E-state index >= 15 is 0 Å². The first-order chi connectivity index (χ1) is 15.7. The van der Waals surface area contributed by atoms with Crippen LogP contribution in [-0.2, 0) is 28.8 Å². The van der Waals surface area contributed by atoms with E-state index in [1.165, 1.54) is 78.3 Å². The van der Waals surface area contributed by atoms with Crippen molar-refractivity contribution in [3.05, 3.63) is 122 Å². The van der Waals surface area contributed by atoms with E-state index in [-0.39, 0.29) is 45.1 Å². The number of halogens is 2. The van der Waals surface area contributed by atoms with Crippen LogP contribution < -0.4 is 0 Å². The first kappa shape index (κ1) is 37.7. The van der Waals surface area contributed by atoms with Gasteiger partial charge in [-0.25, -0.2) is 0 Å². The van der Waals surface area contributed by atoms with Gasteiger partial charge in [0.05, 0.1) is 0 Å². The number of fused-ring (bicyclic) bond motifs is 2. The zero-order chi connectivity index (χ0) is 24.2. The molecule has 0 nitrogen and oxygen atoms in total. The second kappa shape index (κ2) is 16.5. The van der Waals surface area contributed by atoms with Crippen molar-refractivity contribution >= 4 is 53.2 Å². The van der Waals surface area contributed by atoms with Crippen LogP contribution in [0.3, 0.4) is 0 Å². The Labute approximate surface area is 255 Å². The Balaban J connectivity index is 0. The Hall–Kier alpha value is -1.44. The summed E-state index contributed by atoms with van der Waals surface area (Å²) in [5.74, 6) is 0. The third kappa shape index (κ3) is 9.07. The molecule has 37 heavy (non-hydrogen) atoms. The zero-order valence-electron chi connectivity index (χ0n) is 23.4. The molecule has 0 saturated carbocycles. The molecule has 0 spiro atoms. The minimum absolute atomic E-state index is 0. The van der Waals surface area contributed by atoms with Gasteiger partial charge in [0, 0.05) is 0 Å². The maximum absolute atomic E-state index is 3.06. The van der Waals surface area contributed by atoms with Gasteiger partial charge in [0.2, 0.25) is 0 Å². The van der Waals surface area contributed by atoms with E-state index in [9.17, 15) is 0 Å². The normalized spacial score (nSPS) is 9.76. The van der Waals surface area contributed by atoms with Crippen molar-refractivity contribution in [2.45, 2.75) is 47.0 Å². The van der Waals surface area contributed by atoms with E-state index < -0.39 is 0 Å². The number of rotatable bonds is 1. The monoisotopic (exact) mass is 624 g/mol. The van der Waals surface area contributed by atoms with Crippen LogP contribution in [0.1, 0.15) is 43.0 Å². The number of hydrogen-bond donors (Lipinski definition) is 0. The summed E-state index contributed by atoms with van der Waals surface area (Å²) in [6, 6.07) is 30.8.